The third-order valence-corrected chi connectivity index (χ3v) is 3.72. The van der Waals surface area contributed by atoms with E-state index in [-0.39, 0.29) is 12.4 Å². The van der Waals surface area contributed by atoms with Gasteiger partial charge < -0.3 is 5.73 Å². The van der Waals surface area contributed by atoms with Gasteiger partial charge >= 0.3 is 0 Å². The lowest BCUT2D eigenvalue weighted by molar-refractivity contribution is 0.236. The molecule has 1 aromatic carbocycles. The van der Waals surface area contributed by atoms with Gasteiger partial charge in [-0.05, 0) is 25.8 Å². The summed E-state index contributed by atoms with van der Waals surface area (Å²) >= 11 is 0. The number of likely N-dealkylation sites (tertiary alicyclic amines) is 1. The van der Waals surface area contributed by atoms with E-state index < -0.39 is 0 Å². The Kier molecular flexibility index (Phi) is 4.13. The standard InChI is InChI=1S/C14H21FN2/c1-2-13-7-4-8-17(13)10-12-6-3-5-11(9-16)14(12)15/h3,5-6,13H,2,4,7-10,16H2,1H3. The summed E-state index contributed by atoms with van der Waals surface area (Å²) in [4.78, 5) is 2.39. The van der Waals surface area contributed by atoms with Gasteiger partial charge in [-0.1, -0.05) is 25.1 Å². The van der Waals surface area contributed by atoms with Crippen LogP contribution in [0.25, 0.3) is 0 Å². The zero-order valence-electron chi connectivity index (χ0n) is 10.5. The fourth-order valence-corrected chi connectivity index (χ4v) is 2.70. The molecule has 0 aliphatic carbocycles. The van der Waals surface area contributed by atoms with Crippen molar-refractivity contribution in [1.82, 2.24) is 4.90 Å². The fourth-order valence-electron chi connectivity index (χ4n) is 2.70. The molecule has 1 fully saturated rings. The van der Waals surface area contributed by atoms with Gasteiger partial charge in [0.25, 0.3) is 0 Å². The summed E-state index contributed by atoms with van der Waals surface area (Å²) in [5.74, 6) is -0.114. The molecule has 2 N–H and O–H groups in total. The molecule has 3 heteroatoms. The van der Waals surface area contributed by atoms with Crippen LogP contribution in [-0.2, 0) is 13.1 Å². The van der Waals surface area contributed by atoms with Crippen LogP contribution in [0.3, 0.4) is 0 Å². The minimum absolute atomic E-state index is 0.114. The molecule has 1 aliphatic heterocycles. The summed E-state index contributed by atoms with van der Waals surface area (Å²) in [5, 5.41) is 0. The molecule has 2 nitrogen and oxygen atoms in total. The molecule has 1 aliphatic rings. The summed E-state index contributed by atoms with van der Waals surface area (Å²) < 4.78 is 14.1. The van der Waals surface area contributed by atoms with E-state index in [9.17, 15) is 4.39 Å². The maximum absolute atomic E-state index is 14.1. The Morgan fingerprint density at radius 3 is 2.88 bits per heavy atom. The largest absolute Gasteiger partial charge is 0.326 e. The lowest BCUT2D eigenvalue weighted by Gasteiger charge is -2.23. The first-order valence-corrected chi connectivity index (χ1v) is 6.46. The average molecular weight is 236 g/mol. The second-order valence-electron chi connectivity index (χ2n) is 4.77. The normalized spacial score (nSPS) is 21.0. The molecule has 2 rings (SSSR count). The Labute approximate surface area is 103 Å². The third-order valence-electron chi connectivity index (χ3n) is 3.72. The van der Waals surface area contributed by atoms with Gasteiger partial charge in [0.2, 0.25) is 0 Å². The van der Waals surface area contributed by atoms with Gasteiger partial charge in [0, 0.05) is 30.3 Å². The zero-order chi connectivity index (χ0) is 12.3. The minimum atomic E-state index is -0.114. The van der Waals surface area contributed by atoms with Gasteiger partial charge in [0.05, 0.1) is 0 Å². The highest BCUT2D eigenvalue weighted by atomic mass is 19.1. The summed E-state index contributed by atoms with van der Waals surface area (Å²) in [6, 6.07) is 6.16. The highest BCUT2D eigenvalue weighted by Gasteiger charge is 2.23. The van der Waals surface area contributed by atoms with Crippen LogP contribution in [-0.4, -0.2) is 17.5 Å². The van der Waals surface area contributed by atoms with Gasteiger partial charge in [-0.15, -0.1) is 0 Å². The fraction of sp³-hybridized carbons (Fsp3) is 0.571. The number of halogens is 1. The highest BCUT2D eigenvalue weighted by Crippen LogP contribution is 2.23. The van der Waals surface area contributed by atoms with Crippen molar-refractivity contribution in [3.63, 3.8) is 0 Å². The van der Waals surface area contributed by atoms with Crippen LogP contribution >= 0.6 is 0 Å². The number of rotatable bonds is 4. The number of nitrogens with zero attached hydrogens (tertiary/aromatic N) is 1. The van der Waals surface area contributed by atoms with E-state index in [0.29, 0.717) is 11.6 Å². The minimum Gasteiger partial charge on any atom is -0.326 e. The van der Waals surface area contributed by atoms with Crippen molar-refractivity contribution >= 4 is 0 Å². The molecular weight excluding hydrogens is 215 g/mol. The van der Waals surface area contributed by atoms with E-state index in [4.69, 9.17) is 5.73 Å². The van der Waals surface area contributed by atoms with E-state index in [0.717, 1.165) is 25.1 Å². The van der Waals surface area contributed by atoms with Gasteiger partial charge in [-0.25, -0.2) is 4.39 Å². The van der Waals surface area contributed by atoms with Crippen LogP contribution in [0.2, 0.25) is 0 Å². The monoisotopic (exact) mass is 236 g/mol. The summed E-state index contributed by atoms with van der Waals surface area (Å²) in [6.45, 7) is 4.29. The van der Waals surface area contributed by atoms with Crippen LogP contribution in [0.5, 0.6) is 0 Å². The maximum atomic E-state index is 14.1. The van der Waals surface area contributed by atoms with Crippen LogP contribution < -0.4 is 5.73 Å². The number of benzene rings is 1. The lowest BCUT2D eigenvalue weighted by Crippen LogP contribution is -2.28. The van der Waals surface area contributed by atoms with E-state index in [2.05, 4.69) is 11.8 Å². The molecule has 17 heavy (non-hydrogen) atoms. The Hall–Kier alpha value is -0.930. The predicted molar refractivity (Wildman–Crippen MR) is 68.0 cm³/mol. The van der Waals surface area contributed by atoms with Crippen LogP contribution in [0.4, 0.5) is 4.39 Å². The molecule has 0 saturated carbocycles. The molecule has 1 heterocycles. The van der Waals surface area contributed by atoms with Crippen molar-refractivity contribution in [1.29, 1.82) is 0 Å². The van der Waals surface area contributed by atoms with Gasteiger partial charge in [0.15, 0.2) is 0 Å². The molecule has 0 radical (unpaired) electrons. The van der Waals surface area contributed by atoms with Crippen molar-refractivity contribution in [2.24, 2.45) is 5.73 Å². The van der Waals surface area contributed by atoms with Crippen molar-refractivity contribution < 1.29 is 4.39 Å². The first kappa shape index (κ1) is 12.5. The molecule has 1 unspecified atom stereocenters. The van der Waals surface area contributed by atoms with Crippen molar-refractivity contribution in [3.8, 4) is 0 Å². The first-order valence-electron chi connectivity index (χ1n) is 6.46. The van der Waals surface area contributed by atoms with Crippen molar-refractivity contribution in [2.45, 2.75) is 45.3 Å². The molecular formula is C14H21FN2. The maximum Gasteiger partial charge on any atom is 0.132 e. The van der Waals surface area contributed by atoms with E-state index in [1.54, 1.807) is 6.07 Å². The zero-order valence-corrected chi connectivity index (χ0v) is 10.5. The van der Waals surface area contributed by atoms with Crippen LogP contribution in [0.15, 0.2) is 18.2 Å². The number of hydrogen-bond donors (Lipinski definition) is 1. The molecule has 0 bridgehead atoms. The summed E-state index contributed by atoms with van der Waals surface area (Å²) in [6.07, 6.45) is 3.63. The molecule has 94 valence electrons. The van der Waals surface area contributed by atoms with E-state index >= 15 is 0 Å². The SMILES string of the molecule is CCC1CCCN1Cc1cccc(CN)c1F. The second kappa shape index (κ2) is 5.61. The number of hydrogen-bond acceptors (Lipinski definition) is 2. The second-order valence-corrected chi connectivity index (χ2v) is 4.77. The van der Waals surface area contributed by atoms with Gasteiger partial charge in [0.1, 0.15) is 5.82 Å². The van der Waals surface area contributed by atoms with Gasteiger partial charge in [-0.3, -0.25) is 4.90 Å². The highest BCUT2D eigenvalue weighted by molar-refractivity contribution is 5.26. The third kappa shape index (κ3) is 2.67. The first-order chi connectivity index (χ1) is 8.26. The Balaban J connectivity index is 2.13. The topological polar surface area (TPSA) is 29.3 Å². The number of nitrogens with two attached hydrogens (primary N) is 1. The average Bonchev–Trinajstić information content (AvgIpc) is 2.79. The molecule has 1 atom stereocenters. The molecule has 1 saturated heterocycles. The lowest BCUT2D eigenvalue weighted by atomic mass is 10.1. The van der Waals surface area contributed by atoms with E-state index in [1.807, 2.05) is 12.1 Å². The molecule has 0 amide bonds. The predicted octanol–water partition coefficient (Wildman–Crippen LogP) is 2.66. The van der Waals surface area contributed by atoms with Crippen molar-refractivity contribution in [2.75, 3.05) is 6.54 Å². The van der Waals surface area contributed by atoms with E-state index in [1.165, 1.54) is 12.8 Å². The molecule has 0 aromatic heterocycles. The molecule has 0 spiro atoms. The summed E-state index contributed by atoms with van der Waals surface area (Å²) in [7, 11) is 0. The summed E-state index contributed by atoms with van der Waals surface area (Å²) in [5.41, 5.74) is 6.93. The Morgan fingerprint density at radius 2 is 2.18 bits per heavy atom. The Morgan fingerprint density at radius 1 is 1.41 bits per heavy atom. The quantitative estimate of drug-likeness (QED) is 0.871. The van der Waals surface area contributed by atoms with Crippen LogP contribution in [0, 0.1) is 5.82 Å². The smallest absolute Gasteiger partial charge is 0.132 e. The van der Waals surface area contributed by atoms with Crippen molar-refractivity contribution in [3.05, 3.63) is 35.1 Å². The Bertz CT molecular complexity index is 378. The van der Waals surface area contributed by atoms with Crippen LogP contribution in [0.1, 0.15) is 37.3 Å². The molecule has 1 aromatic rings. The van der Waals surface area contributed by atoms with Gasteiger partial charge in [-0.2, -0.15) is 0 Å².